The van der Waals surface area contributed by atoms with Crippen LogP contribution in [-0.4, -0.2) is 15.2 Å². The van der Waals surface area contributed by atoms with Gasteiger partial charge in [0, 0.05) is 17.1 Å². The predicted octanol–water partition coefficient (Wildman–Crippen LogP) is 3.50. The fourth-order valence-electron chi connectivity index (χ4n) is 2.86. The molecule has 1 aromatic carbocycles. The Morgan fingerprint density at radius 2 is 2.09 bits per heavy atom. The Bertz CT molecular complexity index is 891. The van der Waals surface area contributed by atoms with E-state index < -0.39 is 0 Å². The van der Waals surface area contributed by atoms with Crippen molar-refractivity contribution in [3.63, 3.8) is 0 Å². The lowest BCUT2D eigenvalue weighted by atomic mass is 9.95. The van der Waals surface area contributed by atoms with E-state index in [0.29, 0.717) is 17.2 Å². The van der Waals surface area contributed by atoms with Crippen molar-refractivity contribution in [1.82, 2.24) is 15.2 Å². The minimum atomic E-state index is 0.391. The number of benzene rings is 1. The lowest BCUT2D eigenvalue weighted by Crippen LogP contribution is -2.07. The standard InChI is InChI=1S/C17H14N4O/c18-9-13-7-11-3-1-2-4-15(11)20-17(13)22-14-6-5-12-10-19-21-16(12)8-14/h5-8,10H,1-4H2,(H,19,21). The van der Waals surface area contributed by atoms with Gasteiger partial charge in [0.25, 0.3) is 0 Å². The summed E-state index contributed by atoms with van der Waals surface area (Å²) in [5.74, 6) is 1.04. The highest BCUT2D eigenvalue weighted by molar-refractivity contribution is 5.79. The van der Waals surface area contributed by atoms with Gasteiger partial charge in [-0.3, -0.25) is 5.10 Å². The normalized spacial score (nSPS) is 13.6. The second-order valence-corrected chi connectivity index (χ2v) is 5.49. The van der Waals surface area contributed by atoms with E-state index in [1.807, 2.05) is 24.3 Å². The Morgan fingerprint density at radius 3 is 3.00 bits per heavy atom. The van der Waals surface area contributed by atoms with Crippen LogP contribution in [0.4, 0.5) is 0 Å². The van der Waals surface area contributed by atoms with E-state index in [1.165, 1.54) is 5.56 Å². The summed E-state index contributed by atoms with van der Waals surface area (Å²) in [7, 11) is 0. The number of fused-ring (bicyclic) bond motifs is 2. The number of hydrogen-bond acceptors (Lipinski definition) is 4. The predicted molar refractivity (Wildman–Crippen MR) is 81.8 cm³/mol. The average Bonchev–Trinajstić information content (AvgIpc) is 3.02. The van der Waals surface area contributed by atoms with E-state index in [-0.39, 0.29) is 0 Å². The second kappa shape index (κ2) is 5.15. The summed E-state index contributed by atoms with van der Waals surface area (Å²) >= 11 is 0. The van der Waals surface area contributed by atoms with Gasteiger partial charge < -0.3 is 4.74 Å². The van der Waals surface area contributed by atoms with Crippen molar-refractivity contribution in [2.75, 3.05) is 0 Å². The smallest absolute Gasteiger partial charge is 0.237 e. The number of aromatic nitrogens is 3. The molecule has 0 aliphatic heterocycles. The molecule has 0 amide bonds. The SMILES string of the molecule is N#Cc1cc2c(nc1Oc1ccc3cn[nH]c3c1)CCCC2. The first kappa shape index (κ1) is 12.8. The quantitative estimate of drug-likeness (QED) is 0.783. The molecule has 3 aromatic rings. The highest BCUT2D eigenvalue weighted by Crippen LogP contribution is 2.29. The molecule has 1 aliphatic carbocycles. The third-order valence-electron chi connectivity index (χ3n) is 4.01. The number of ether oxygens (including phenoxy) is 1. The Kier molecular flexibility index (Phi) is 3.01. The van der Waals surface area contributed by atoms with E-state index >= 15 is 0 Å². The van der Waals surface area contributed by atoms with Crippen molar-refractivity contribution in [2.45, 2.75) is 25.7 Å². The number of aryl methyl sites for hydroxylation is 2. The van der Waals surface area contributed by atoms with Gasteiger partial charge in [-0.05, 0) is 49.4 Å². The van der Waals surface area contributed by atoms with Crippen LogP contribution in [0.1, 0.15) is 29.7 Å². The maximum absolute atomic E-state index is 9.35. The number of nitriles is 1. The summed E-state index contributed by atoms with van der Waals surface area (Å²) in [5.41, 5.74) is 3.63. The number of H-pyrrole nitrogens is 1. The molecule has 0 atom stereocenters. The van der Waals surface area contributed by atoms with Crippen molar-refractivity contribution >= 4 is 10.9 Å². The van der Waals surface area contributed by atoms with Gasteiger partial charge in [-0.25, -0.2) is 4.98 Å². The summed E-state index contributed by atoms with van der Waals surface area (Å²) in [6, 6.07) is 9.77. The molecule has 2 heterocycles. The van der Waals surface area contributed by atoms with Crippen molar-refractivity contribution in [3.8, 4) is 17.7 Å². The summed E-state index contributed by atoms with van der Waals surface area (Å²) < 4.78 is 5.86. The number of nitrogens with zero attached hydrogens (tertiary/aromatic N) is 3. The molecule has 5 heteroatoms. The zero-order chi connectivity index (χ0) is 14.9. The molecule has 1 N–H and O–H groups in total. The van der Waals surface area contributed by atoms with E-state index in [9.17, 15) is 5.26 Å². The van der Waals surface area contributed by atoms with Crippen LogP contribution >= 0.6 is 0 Å². The molecule has 5 nitrogen and oxygen atoms in total. The van der Waals surface area contributed by atoms with Crippen LogP contribution in [0.25, 0.3) is 10.9 Å². The van der Waals surface area contributed by atoms with Crippen molar-refractivity contribution < 1.29 is 4.74 Å². The van der Waals surface area contributed by atoms with Gasteiger partial charge in [0.1, 0.15) is 17.4 Å². The maximum Gasteiger partial charge on any atom is 0.237 e. The van der Waals surface area contributed by atoms with E-state index in [1.54, 1.807) is 6.20 Å². The van der Waals surface area contributed by atoms with Gasteiger partial charge in [0.15, 0.2) is 0 Å². The maximum atomic E-state index is 9.35. The largest absolute Gasteiger partial charge is 0.438 e. The van der Waals surface area contributed by atoms with Gasteiger partial charge in [-0.15, -0.1) is 0 Å². The molecule has 4 rings (SSSR count). The second-order valence-electron chi connectivity index (χ2n) is 5.49. The molecular formula is C17H14N4O. The molecule has 108 valence electrons. The summed E-state index contributed by atoms with van der Waals surface area (Å²) in [6.45, 7) is 0. The fourth-order valence-corrected chi connectivity index (χ4v) is 2.86. The number of nitrogens with one attached hydrogen (secondary N) is 1. The molecule has 0 saturated heterocycles. The highest BCUT2D eigenvalue weighted by atomic mass is 16.5. The lowest BCUT2D eigenvalue weighted by Gasteiger charge is -2.16. The molecule has 0 fully saturated rings. The van der Waals surface area contributed by atoms with Gasteiger partial charge in [-0.1, -0.05) is 0 Å². The molecule has 0 radical (unpaired) electrons. The number of rotatable bonds is 2. The fraction of sp³-hybridized carbons (Fsp3) is 0.235. The molecule has 2 aromatic heterocycles. The van der Waals surface area contributed by atoms with Gasteiger partial charge in [0.05, 0.1) is 11.7 Å². The topological polar surface area (TPSA) is 74.6 Å². The van der Waals surface area contributed by atoms with Crippen LogP contribution in [0.3, 0.4) is 0 Å². The monoisotopic (exact) mass is 290 g/mol. The van der Waals surface area contributed by atoms with Crippen LogP contribution in [0.5, 0.6) is 11.6 Å². The van der Waals surface area contributed by atoms with Crippen LogP contribution in [-0.2, 0) is 12.8 Å². The zero-order valence-electron chi connectivity index (χ0n) is 12.0. The van der Waals surface area contributed by atoms with Gasteiger partial charge >= 0.3 is 0 Å². The third-order valence-corrected chi connectivity index (χ3v) is 4.01. The highest BCUT2D eigenvalue weighted by Gasteiger charge is 2.16. The Hall–Kier alpha value is -2.87. The minimum absolute atomic E-state index is 0.391. The zero-order valence-corrected chi connectivity index (χ0v) is 12.0. The van der Waals surface area contributed by atoms with Crippen LogP contribution in [0, 0.1) is 11.3 Å². The Morgan fingerprint density at radius 1 is 1.18 bits per heavy atom. The van der Waals surface area contributed by atoms with Crippen LogP contribution < -0.4 is 4.74 Å². The number of pyridine rings is 1. The molecule has 0 spiro atoms. The van der Waals surface area contributed by atoms with E-state index in [4.69, 9.17) is 4.74 Å². The molecule has 0 saturated carbocycles. The molecule has 0 bridgehead atoms. The van der Waals surface area contributed by atoms with Crippen LogP contribution in [0.2, 0.25) is 0 Å². The first-order chi connectivity index (χ1) is 10.8. The summed E-state index contributed by atoms with van der Waals surface area (Å²) in [6.07, 6.45) is 6.02. The first-order valence-corrected chi connectivity index (χ1v) is 7.37. The third kappa shape index (κ3) is 2.19. The van der Waals surface area contributed by atoms with Crippen molar-refractivity contribution in [3.05, 3.63) is 47.3 Å². The summed E-state index contributed by atoms with van der Waals surface area (Å²) in [4.78, 5) is 4.58. The number of hydrogen-bond donors (Lipinski definition) is 1. The van der Waals surface area contributed by atoms with E-state index in [2.05, 4.69) is 21.3 Å². The van der Waals surface area contributed by atoms with Crippen LogP contribution in [0.15, 0.2) is 30.5 Å². The minimum Gasteiger partial charge on any atom is -0.438 e. The molecule has 1 aliphatic rings. The molecule has 22 heavy (non-hydrogen) atoms. The molecule has 0 unspecified atom stereocenters. The molecular weight excluding hydrogens is 276 g/mol. The average molecular weight is 290 g/mol. The van der Waals surface area contributed by atoms with E-state index in [0.717, 1.165) is 42.3 Å². The lowest BCUT2D eigenvalue weighted by molar-refractivity contribution is 0.456. The van der Waals surface area contributed by atoms with Crippen molar-refractivity contribution in [2.24, 2.45) is 0 Å². The number of aromatic amines is 1. The summed E-state index contributed by atoms with van der Waals surface area (Å²) in [5, 5.41) is 17.3. The van der Waals surface area contributed by atoms with Crippen molar-refractivity contribution in [1.29, 1.82) is 5.26 Å². The Labute approximate surface area is 127 Å². The van der Waals surface area contributed by atoms with Gasteiger partial charge in [0.2, 0.25) is 5.88 Å². The first-order valence-electron chi connectivity index (χ1n) is 7.37. The Balaban J connectivity index is 1.73. The van der Waals surface area contributed by atoms with Gasteiger partial charge in [-0.2, -0.15) is 10.4 Å².